The summed E-state index contributed by atoms with van der Waals surface area (Å²) in [7, 11) is 0. The Kier molecular flexibility index (Phi) is 6.70. The van der Waals surface area contributed by atoms with Crippen molar-refractivity contribution in [1.82, 2.24) is 0 Å². The van der Waals surface area contributed by atoms with Gasteiger partial charge in [-0.15, -0.1) is 0 Å². The van der Waals surface area contributed by atoms with Gasteiger partial charge in [0.05, 0.1) is 11.2 Å². The van der Waals surface area contributed by atoms with Gasteiger partial charge in [0.25, 0.3) is 0 Å². The molecule has 0 aromatic heterocycles. The first-order chi connectivity index (χ1) is 10.4. The molecular weight excluding hydrogens is 292 g/mol. The summed E-state index contributed by atoms with van der Waals surface area (Å²) in [6.07, 6.45) is 4.54. The molecule has 4 nitrogen and oxygen atoms in total. The van der Waals surface area contributed by atoms with Crippen molar-refractivity contribution in [2.75, 3.05) is 0 Å². The van der Waals surface area contributed by atoms with Crippen LogP contribution in [-0.2, 0) is 19.6 Å². The molecule has 0 N–H and O–H groups in total. The number of hydrogen-bond acceptors (Lipinski definition) is 4. The fourth-order valence-electron chi connectivity index (χ4n) is 2.70. The zero-order chi connectivity index (χ0) is 17.9. The van der Waals surface area contributed by atoms with Crippen LogP contribution in [0, 0.1) is 11.3 Å². The fourth-order valence-corrected chi connectivity index (χ4v) is 2.70. The van der Waals surface area contributed by atoms with Crippen molar-refractivity contribution in [3.8, 4) is 0 Å². The fraction of sp³-hybridized carbons (Fsp3) is 1.00. The van der Waals surface area contributed by atoms with Gasteiger partial charge < -0.3 is 0 Å². The van der Waals surface area contributed by atoms with Crippen molar-refractivity contribution < 1.29 is 19.6 Å². The summed E-state index contributed by atoms with van der Waals surface area (Å²) >= 11 is 0. The van der Waals surface area contributed by atoms with Crippen LogP contribution in [0.15, 0.2) is 0 Å². The van der Waals surface area contributed by atoms with Gasteiger partial charge in [0.15, 0.2) is 0 Å². The highest BCUT2D eigenvalue weighted by atomic mass is 17.3. The van der Waals surface area contributed by atoms with Crippen molar-refractivity contribution in [2.24, 2.45) is 11.3 Å². The van der Waals surface area contributed by atoms with Gasteiger partial charge in [-0.05, 0) is 59.3 Å². The van der Waals surface area contributed by atoms with E-state index in [9.17, 15) is 0 Å². The van der Waals surface area contributed by atoms with Gasteiger partial charge in [-0.25, -0.2) is 9.78 Å². The van der Waals surface area contributed by atoms with Gasteiger partial charge in [0.2, 0.25) is 5.79 Å². The molecule has 0 radical (unpaired) electrons. The first-order valence-corrected chi connectivity index (χ1v) is 9.12. The average molecular weight is 331 g/mol. The largest absolute Gasteiger partial charge is 0.239 e. The Morgan fingerprint density at radius 3 is 1.70 bits per heavy atom. The molecule has 4 heteroatoms. The molecule has 0 heterocycles. The summed E-state index contributed by atoms with van der Waals surface area (Å²) in [6.45, 7) is 18.9. The van der Waals surface area contributed by atoms with E-state index in [-0.39, 0.29) is 16.6 Å². The predicted molar refractivity (Wildman–Crippen MR) is 92.6 cm³/mol. The van der Waals surface area contributed by atoms with Crippen LogP contribution in [-0.4, -0.2) is 17.0 Å². The molecule has 1 aliphatic rings. The van der Waals surface area contributed by atoms with E-state index in [1.165, 1.54) is 0 Å². The second-order valence-corrected chi connectivity index (χ2v) is 9.04. The topological polar surface area (TPSA) is 36.9 Å². The lowest BCUT2D eigenvalue weighted by molar-refractivity contribution is -0.568. The lowest BCUT2D eigenvalue weighted by Gasteiger charge is -2.49. The van der Waals surface area contributed by atoms with E-state index in [2.05, 4.69) is 34.6 Å². The molecule has 23 heavy (non-hydrogen) atoms. The summed E-state index contributed by atoms with van der Waals surface area (Å²) in [6, 6.07) is 0. The molecule has 0 spiro atoms. The van der Waals surface area contributed by atoms with Crippen molar-refractivity contribution in [3.05, 3.63) is 0 Å². The van der Waals surface area contributed by atoms with Crippen molar-refractivity contribution in [3.63, 3.8) is 0 Å². The van der Waals surface area contributed by atoms with Gasteiger partial charge in [0.1, 0.15) is 0 Å². The van der Waals surface area contributed by atoms with Crippen LogP contribution in [0.25, 0.3) is 0 Å². The lowest BCUT2D eigenvalue weighted by Crippen LogP contribution is -2.55. The Bertz CT molecular complexity index is 354. The molecule has 138 valence electrons. The van der Waals surface area contributed by atoms with Gasteiger partial charge in [-0.3, -0.25) is 0 Å². The van der Waals surface area contributed by atoms with Gasteiger partial charge in [0, 0.05) is 11.8 Å². The molecule has 0 bridgehead atoms. The van der Waals surface area contributed by atoms with Gasteiger partial charge in [-0.2, -0.15) is 9.78 Å². The first kappa shape index (κ1) is 20.9. The SMILES string of the molecule is CCC(C)(C)OOC1(OOC(C)(C)CC)CCC(C)CC1(C)C. The molecule has 1 atom stereocenters. The third kappa shape index (κ3) is 5.42. The second-order valence-electron chi connectivity index (χ2n) is 9.04. The molecule has 0 saturated heterocycles. The third-order valence-corrected chi connectivity index (χ3v) is 5.36. The monoisotopic (exact) mass is 330 g/mol. The van der Waals surface area contributed by atoms with Crippen LogP contribution in [0.2, 0.25) is 0 Å². The standard InChI is InChI=1S/C19H38O4/c1-10-17(6,7)20-22-19(23-21-18(8,9)11-2)13-12-15(3)14-16(19,4)5/h15H,10-14H2,1-9H3. The molecule has 0 amide bonds. The van der Waals surface area contributed by atoms with Crippen LogP contribution in [0.4, 0.5) is 0 Å². The van der Waals surface area contributed by atoms with E-state index in [1.54, 1.807) is 0 Å². The van der Waals surface area contributed by atoms with Crippen LogP contribution < -0.4 is 0 Å². The number of hydrogen-bond donors (Lipinski definition) is 0. The minimum absolute atomic E-state index is 0.196. The summed E-state index contributed by atoms with van der Waals surface area (Å²) in [5.41, 5.74) is -0.899. The summed E-state index contributed by atoms with van der Waals surface area (Å²) in [5, 5.41) is 0. The molecule has 1 unspecified atom stereocenters. The maximum atomic E-state index is 5.98. The molecule has 0 aromatic carbocycles. The van der Waals surface area contributed by atoms with E-state index in [0.717, 1.165) is 32.1 Å². The van der Waals surface area contributed by atoms with E-state index >= 15 is 0 Å². The van der Waals surface area contributed by atoms with Crippen LogP contribution in [0.1, 0.15) is 94.4 Å². The van der Waals surface area contributed by atoms with Crippen LogP contribution >= 0.6 is 0 Å². The Balaban J connectivity index is 2.95. The molecule has 0 aromatic rings. The summed E-state index contributed by atoms with van der Waals surface area (Å²) in [5.74, 6) is -0.234. The van der Waals surface area contributed by atoms with E-state index in [1.807, 2.05) is 27.7 Å². The van der Waals surface area contributed by atoms with Crippen molar-refractivity contribution >= 4 is 0 Å². The van der Waals surface area contributed by atoms with E-state index < -0.39 is 5.79 Å². The van der Waals surface area contributed by atoms with Crippen LogP contribution in [0.5, 0.6) is 0 Å². The Hall–Kier alpha value is -0.160. The first-order valence-electron chi connectivity index (χ1n) is 9.12. The number of rotatable bonds is 8. The maximum Gasteiger partial charge on any atom is 0.239 e. The molecule has 1 aliphatic carbocycles. The third-order valence-electron chi connectivity index (χ3n) is 5.36. The van der Waals surface area contributed by atoms with Crippen molar-refractivity contribution in [2.45, 2.75) is 111 Å². The molecule has 1 fully saturated rings. The quantitative estimate of drug-likeness (QED) is 0.320. The van der Waals surface area contributed by atoms with E-state index in [4.69, 9.17) is 19.6 Å². The zero-order valence-electron chi connectivity index (χ0n) is 16.7. The minimum atomic E-state index is -0.877. The normalized spacial score (nSPS) is 24.7. The minimum Gasteiger partial charge on any atom is -0.228 e. The van der Waals surface area contributed by atoms with E-state index in [0.29, 0.717) is 5.92 Å². The van der Waals surface area contributed by atoms with Crippen molar-refractivity contribution in [1.29, 1.82) is 0 Å². The smallest absolute Gasteiger partial charge is 0.228 e. The molecule has 1 rings (SSSR count). The maximum absolute atomic E-state index is 5.98. The highest BCUT2D eigenvalue weighted by Crippen LogP contribution is 2.50. The highest BCUT2D eigenvalue weighted by molar-refractivity contribution is 4.92. The van der Waals surface area contributed by atoms with Crippen LogP contribution in [0.3, 0.4) is 0 Å². The summed E-state index contributed by atoms with van der Waals surface area (Å²) in [4.78, 5) is 23.5. The van der Waals surface area contributed by atoms with Gasteiger partial charge in [-0.1, -0.05) is 34.6 Å². The Morgan fingerprint density at radius 1 is 0.913 bits per heavy atom. The molecule has 1 saturated carbocycles. The molecule has 0 aliphatic heterocycles. The second kappa shape index (κ2) is 7.38. The lowest BCUT2D eigenvalue weighted by atomic mass is 9.68. The molecular formula is C19H38O4. The van der Waals surface area contributed by atoms with Gasteiger partial charge >= 0.3 is 0 Å². The predicted octanol–water partition coefficient (Wildman–Crippen LogP) is 5.80. The zero-order valence-corrected chi connectivity index (χ0v) is 16.7. The highest BCUT2D eigenvalue weighted by Gasteiger charge is 2.54. The summed E-state index contributed by atoms with van der Waals surface area (Å²) < 4.78 is 0. The Labute approximate surface area is 143 Å². The average Bonchev–Trinajstić information content (AvgIpc) is 2.45. The Morgan fingerprint density at radius 2 is 1.35 bits per heavy atom.